The number of halogens is 2. The van der Waals surface area contributed by atoms with Crippen LogP contribution in [0.4, 0.5) is 17.1 Å². The number of esters is 1. The van der Waals surface area contributed by atoms with E-state index in [2.05, 4.69) is 16.0 Å². The molecule has 0 saturated carbocycles. The van der Waals surface area contributed by atoms with E-state index in [1.54, 1.807) is 36.4 Å². The molecular weight excluding hydrogens is 433 g/mol. The quantitative estimate of drug-likeness (QED) is 0.527. The van der Waals surface area contributed by atoms with Gasteiger partial charge in [0.05, 0.1) is 17.1 Å². The summed E-state index contributed by atoms with van der Waals surface area (Å²) >= 11 is 11.8. The Morgan fingerprint density at radius 3 is 2.07 bits per heavy atom. The lowest BCUT2D eigenvalue weighted by atomic mass is 10.2. The highest BCUT2D eigenvalue weighted by molar-refractivity contribution is 6.36. The summed E-state index contributed by atoms with van der Waals surface area (Å²) in [5, 5.41) is 8.43. The van der Waals surface area contributed by atoms with Crippen LogP contribution in [0.2, 0.25) is 10.0 Å². The molecule has 0 aliphatic rings. The van der Waals surface area contributed by atoms with Gasteiger partial charge in [-0.3, -0.25) is 19.2 Å². The molecule has 0 unspecified atom stereocenters. The molecule has 0 atom stereocenters. The molecule has 30 heavy (non-hydrogen) atoms. The van der Waals surface area contributed by atoms with Crippen LogP contribution in [0.1, 0.15) is 19.8 Å². The fourth-order valence-corrected chi connectivity index (χ4v) is 2.73. The van der Waals surface area contributed by atoms with Gasteiger partial charge in [0, 0.05) is 29.7 Å². The normalized spacial score (nSPS) is 10.1. The first-order valence-electron chi connectivity index (χ1n) is 8.81. The number of benzene rings is 2. The van der Waals surface area contributed by atoms with Crippen LogP contribution in [0.3, 0.4) is 0 Å². The van der Waals surface area contributed by atoms with Crippen molar-refractivity contribution in [1.29, 1.82) is 0 Å². The number of hydrogen-bond acceptors (Lipinski definition) is 5. The molecule has 0 saturated heterocycles. The van der Waals surface area contributed by atoms with Crippen LogP contribution in [0.15, 0.2) is 42.5 Å². The first-order valence-corrected chi connectivity index (χ1v) is 9.56. The number of carbonyl (C=O) groups excluding carboxylic acids is 4. The molecule has 2 aromatic rings. The van der Waals surface area contributed by atoms with Gasteiger partial charge in [0.25, 0.3) is 5.91 Å². The molecule has 2 aromatic carbocycles. The van der Waals surface area contributed by atoms with Gasteiger partial charge in [-0.15, -0.1) is 0 Å². The maximum Gasteiger partial charge on any atom is 0.306 e. The van der Waals surface area contributed by atoms with Crippen molar-refractivity contribution in [3.63, 3.8) is 0 Å². The van der Waals surface area contributed by atoms with E-state index in [0.29, 0.717) is 22.1 Å². The van der Waals surface area contributed by atoms with E-state index in [0.717, 1.165) is 0 Å². The highest BCUT2D eigenvalue weighted by Crippen LogP contribution is 2.25. The summed E-state index contributed by atoms with van der Waals surface area (Å²) in [4.78, 5) is 46.5. The summed E-state index contributed by atoms with van der Waals surface area (Å²) in [6.07, 6.45) is -0.334. The monoisotopic (exact) mass is 451 g/mol. The third kappa shape index (κ3) is 8.10. The highest BCUT2D eigenvalue weighted by atomic mass is 35.5. The van der Waals surface area contributed by atoms with Crippen molar-refractivity contribution in [3.05, 3.63) is 52.5 Å². The van der Waals surface area contributed by atoms with Crippen LogP contribution < -0.4 is 16.0 Å². The number of ether oxygens (including phenoxy) is 1. The lowest BCUT2D eigenvalue weighted by molar-refractivity contribution is -0.147. The van der Waals surface area contributed by atoms with Gasteiger partial charge in [0.15, 0.2) is 6.61 Å². The summed E-state index contributed by atoms with van der Waals surface area (Å²) in [6.45, 7) is 0.900. The van der Waals surface area contributed by atoms with E-state index in [9.17, 15) is 19.2 Å². The second kappa shape index (κ2) is 11.2. The van der Waals surface area contributed by atoms with Crippen molar-refractivity contribution in [2.75, 3.05) is 22.6 Å². The first kappa shape index (κ1) is 23.2. The maximum atomic E-state index is 11.9. The Morgan fingerprint density at radius 1 is 0.833 bits per heavy atom. The summed E-state index contributed by atoms with van der Waals surface area (Å²) in [5.41, 5.74) is 1.44. The number of amides is 3. The van der Waals surface area contributed by atoms with Crippen LogP contribution >= 0.6 is 23.2 Å². The zero-order valence-corrected chi connectivity index (χ0v) is 17.5. The molecule has 0 radical (unpaired) electrons. The first-order chi connectivity index (χ1) is 14.2. The van der Waals surface area contributed by atoms with E-state index in [1.165, 1.54) is 13.0 Å². The largest absolute Gasteiger partial charge is 0.456 e. The zero-order chi connectivity index (χ0) is 22.1. The molecule has 158 valence electrons. The summed E-state index contributed by atoms with van der Waals surface area (Å²) in [7, 11) is 0. The van der Waals surface area contributed by atoms with Crippen molar-refractivity contribution in [2.45, 2.75) is 19.8 Å². The second-order valence-electron chi connectivity index (χ2n) is 6.14. The van der Waals surface area contributed by atoms with Gasteiger partial charge in [0.2, 0.25) is 11.8 Å². The molecule has 0 spiro atoms. The predicted molar refractivity (Wildman–Crippen MR) is 115 cm³/mol. The predicted octanol–water partition coefficient (Wildman–Crippen LogP) is 3.85. The third-order valence-electron chi connectivity index (χ3n) is 3.61. The molecule has 3 amide bonds. The molecule has 0 aliphatic heterocycles. The van der Waals surface area contributed by atoms with Gasteiger partial charge in [-0.05, 0) is 42.5 Å². The Kier molecular flexibility index (Phi) is 8.64. The number of anilines is 3. The molecule has 10 heteroatoms. The van der Waals surface area contributed by atoms with Gasteiger partial charge in [-0.1, -0.05) is 23.2 Å². The van der Waals surface area contributed by atoms with Crippen molar-refractivity contribution in [3.8, 4) is 0 Å². The van der Waals surface area contributed by atoms with E-state index in [1.807, 2.05) is 0 Å². The minimum Gasteiger partial charge on any atom is -0.456 e. The lowest BCUT2D eigenvalue weighted by Gasteiger charge is -2.09. The van der Waals surface area contributed by atoms with Crippen molar-refractivity contribution in [1.82, 2.24) is 0 Å². The van der Waals surface area contributed by atoms with Crippen LogP contribution in [-0.4, -0.2) is 30.3 Å². The van der Waals surface area contributed by atoms with Crippen molar-refractivity contribution in [2.24, 2.45) is 0 Å². The van der Waals surface area contributed by atoms with Crippen LogP contribution in [0.25, 0.3) is 0 Å². The average molecular weight is 452 g/mol. The molecule has 0 heterocycles. The fraction of sp³-hybridized carbons (Fsp3) is 0.200. The lowest BCUT2D eigenvalue weighted by Crippen LogP contribution is -2.21. The molecule has 2 rings (SSSR count). The van der Waals surface area contributed by atoms with E-state index >= 15 is 0 Å². The van der Waals surface area contributed by atoms with Crippen LogP contribution in [0.5, 0.6) is 0 Å². The summed E-state index contributed by atoms with van der Waals surface area (Å²) in [6, 6.07) is 11.0. The fourth-order valence-electron chi connectivity index (χ4n) is 2.27. The SMILES string of the molecule is CC(=O)Nc1ccc(NC(=O)COC(=O)CCC(=O)Nc2ccc(Cl)cc2Cl)cc1. The number of nitrogens with one attached hydrogen (secondary N) is 3. The standard InChI is InChI=1S/C20H19Cl2N3O5/c1-12(26)23-14-3-5-15(6-4-14)24-19(28)11-30-20(29)9-8-18(27)25-17-7-2-13(21)10-16(17)22/h2-7,10H,8-9,11H2,1H3,(H,23,26)(H,24,28)(H,25,27). The Balaban J connectivity index is 1.70. The zero-order valence-electron chi connectivity index (χ0n) is 16.0. The highest BCUT2D eigenvalue weighted by Gasteiger charge is 2.12. The minimum absolute atomic E-state index is 0.135. The Morgan fingerprint density at radius 2 is 1.47 bits per heavy atom. The molecule has 0 aromatic heterocycles. The van der Waals surface area contributed by atoms with E-state index in [4.69, 9.17) is 27.9 Å². The molecule has 0 aliphatic carbocycles. The molecule has 3 N–H and O–H groups in total. The van der Waals surface area contributed by atoms with Gasteiger partial charge in [-0.25, -0.2) is 0 Å². The number of carbonyl (C=O) groups is 4. The van der Waals surface area contributed by atoms with Crippen LogP contribution in [0, 0.1) is 0 Å². The van der Waals surface area contributed by atoms with E-state index < -0.39 is 24.4 Å². The Labute approximate surface area is 182 Å². The molecular formula is C20H19Cl2N3O5. The van der Waals surface area contributed by atoms with Crippen LogP contribution in [-0.2, 0) is 23.9 Å². The van der Waals surface area contributed by atoms with E-state index in [-0.39, 0.29) is 23.8 Å². The van der Waals surface area contributed by atoms with Gasteiger partial charge in [0.1, 0.15) is 0 Å². The topological polar surface area (TPSA) is 114 Å². The van der Waals surface area contributed by atoms with Crippen molar-refractivity contribution < 1.29 is 23.9 Å². The third-order valence-corrected chi connectivity index (χ3v) is 4.16. The van der Waals surface area contributed by atoms with Crippen molar-refractivity contribution >= 4 is 64.0 Å². The minimum atomic E-state index is -0.691. The summed E-state index contributed by atoms with van der Waals surface area (Å²) < 4.78 is 4.86. The second-order valence-corrected chi connectivity index (χ2v) is 6.98. The van der Waals surface area contributed by atoms with Gasteiger partial charge in [-0.2, -0.15) is 0 Å². The van der Waals surface area contributed by atoms with Gasteiger partial charge < -0.3 is 20.7 Å². The molecule has 0 fully saturated rings. The molecule has 8 nitrogen and oxygen atoms in total. The maximum absolute atomic E-state index is 11.9. The average Bonchev–Trinajstić information content (AvgIpc) is 2.68. The molecule has 0 bridgehead atoms. The smallest absolute Gasteiger partial charge is 0.306 e. The number of rotatable bonds is 8. The summed E-state index contributed by atoms with van der Waals surface area (Å²) in [5.74, 6) is -1.86. The Bertz CT molecular complexity index is 948. The number of hydrogen-bond donors (Lipinski definition) is 3. The van der Waals surface area contributed by atoms with Gasteiger partial charge >= 0.3 is 5.97 Å². The Hall–Kier alpha value is -3.10.